The van der Waals surface area contributed by atoms with E-state index in [1.165, 1.54) is 19.1 Å². The molecule has 0 aliphatic rings. The van der Waals surface area contributed by atoms with Gasteiger partial charge < -0.3 is 10.1 Å². The molecule has 1 N–H and O–H groups in total. The van der Waals surface area contributed by atoms with Gasteiger partial charge >= 0.3 is 6.36 Å². The van der Waals surface area contributed by atoms with Gasteiger partial charge in [0.1, 0.15) is 5.75 Å². The van der Waals surface area contributed by atoms with Crippen LogP contribution in [0.5, 0.6) is 5.75 Å². The van der Waals surface area contributed by atoms with Crippen LogP contribution in [0.15, 0.2) is 41.6 Å². The number of nitrogens with one attached hydrogen (secondary N) is 1. The normalized spacial score (nSPS) is 12.5. The van der Waals surface area contributed by atoms with Gasteiger partial charge in [-0.1, -0.05) is 11.8 Å². The van der Waals surface area contributed by atoms with Gasteiger partial charge in [-0.2, -0.15) is 4.68 Å². The van der Waals surface area contributed by atoms with Crippen LogP contribution in [-0.4, -0.2) is 37.7 Å². The van der Waals surface area contributed by atoms with Crippen molar-refractivity contribution in [3.8, 4) is 11.4 Å². The molecule has 164 valence electrons. The Morgan fingerprint density at radius 1 is 1.10 bits per heavy atom. The Hall–Kier alpha value is -3.29. The first kappa shape index (κ1) is 22.4. The molecule has 1 amide bonds. The van der Waals surface area contributed by atoms with Crippen molar-refractivity contribution in [3.63, 3.8) is 0 Å². The van der Waals surface area contributed by atoms with Gasteiger partial charge in [0.05, 0.1) is 16.6 Å². The maximum absolute atomic E-state index is 13.7. The van der Waals surface area contributed by atoms with Crippen molar-refractivity contribution in [1.29, 1.82) is 0 Å². The van der Waals surface area contributed by atoms with Gasteiger partial charge in [0.15, 0.2) is 17.5 Å². The Labute approximate surface area is 174 Å². The predicted molar refractivity (Wildman–Crippen MR) is 96.1 cm³/mol. The van der Waals surface area contributed by atoms with E-state index in [0.717, 1.165) is 34.6 Å². The number of aromatic nitrogens is 4. The molecule has 0 saturated heterocycles. The molecule has 7 nitrogen and oxygen atoms in total. The third kappa shape index (κ3) is 5.45. The second-order valence-corrected chi connectivity index (χ2v) is 7.20. The number of hydrogen-bond donors (Lipinski definition) is 1. The predicted octanol–water partition coefficient (Wildman–Crippen LogP) is 4.10. The van der Waals surface area contributed by atoms with Crippen molar-refractivity contribution in [3.05, 3.63) is 53.8 Å². The van der Waals surface area contributed by atoms with E-state index in [-0.39, 0.29) is 10.8 Å². The molecule has 3 aromatic rings. The first-order valence-corrected chi connectivity index (χ1v) is 9.18. The third-order valence-corrected chi connectivity index (χ3v) is 4.73. The number of carbonyl (C=O) groups is 1. The number of amides is 1. The van der Waals surface area contributed by atoms with Crippen LogP contribution in [0.25, 0.3) is 5.69 Å². The number of thioether (sulfide) groups is 1. The van der Waals surface area contributed by atoms with Gasteiger partial charge in [-0.25, -0.2) is 13.2 Å². The van der Waals surface area contributed by atoms with Crippen LogP contribution in [0.1, 0.15) is 6.92 Å². The monoisotopic (exact) mass is 463 g/mol. The molecule has 0 spiro atoms. The summed E-state index contributed by atoms with van der Waals surface area (Å²) in [5, 5.41) is 12.2. The highest BCUT2D eigenvalue weighted by atomic mass is 32.2. The van der Waals surface area contributed by atoms with E-state index in [4.69, 9.17) is 0 Å². The third-order valence-electron chi connectivity index (χ3n) is 3.70. The number of anilines is 1. The fourth-order valence-electron chi connectivity index (χ4n) is 2.27. The fourth-order valence-corrected chi connectivity index (χ4v) is 3.08. The van der Waals surface area contributed by atoms with Crippen LogP contribution in [0, 0.1) is 17.5 Å². The van der Waals surface area contributed by atoms with E-state index in [0.29, 0.717) is 6.07 Å². The van der Waals surface area contributed by atoms with Crippen LogP contribution in [-0.2, 0) is 4.79 Å². The Bertz CT molecular complexity index is 1090. The zero-order valence-corrected chi connectivity index (χ0v) is 16.1. The van der Waals surface area contributed by atoms with Gasteiger partial charge in [0.2, 0.25) is 11.1 Å². The van der Waals surface area contributed by atoms with Crippen LogP contribution in [0.3, 0.4) is 0 Å². The molecule has 31 heavy (non-hydrogen) atoms. The molecule has 0 radical (unpaired) electrons. The summed E-state index contributed by atoms with van der Waals surface area (Å²) in [7, 11) is 0. The van der Waals surface area contributed by atoms with E-state index in [9.17, 15) is 31.1 Å². The first-order chi connectivity index (χ1) is 14.5. The lowest BCUT2D eigenvalue weighted by Gasteiger charge is -2.13. The average Bonchev–Trinajstić information content (AvgIpc) is 3.15. The number of nitrogens with zero attached hydrogens (tertiary/aromatic N) is 4. The molecule has 0 fully saturated rings. The van der Waals surface area contributed by atoms with Crippen molar-refractivity contribution in [1.82, 2.24) is 20.2 Å². The van der Waals surface area contributed by atoms with Gasteiger partial charge in [-0.05, 0) is 53.7 Å². The van der Waals surface area contributed by atoms with Crippen LogP contribution >= 0.6 is 11.8 Å². The summed E-state index contributed by atoms with van der Waals surface area (Å²) in [5.41, 5.74) is -0.266. The maximum Gasteiger partial charge on any atom is 0.573 e. The lowest BCUT2D eigenvalue weighted by molar-refractivity contribution is -0.274. The molecular weight excluding hydrogens is 452 g/mol. The Morgan fingerprint density at radius 2 is 1.77 bits per heavy atom. The Kier molecular flexibility index (Phi) is 6.38. The number of tetrazole rings is 1. The molecule has 3 rings (SSSR count). The van der Waals surface area contributed by atoms with Crippen molar-refractivity contribution < 1.29 is 35.9 Å². The second-order valence-electron chi connectivity index (χ2n) is 5.89. The minimum atomic E-state index is -4.84. The van der Waals surface area contributed by atoms with E-state index < -0.39 is 46.4 Å². The number of rotatable bonds is 6. The molecule has 2 aromatic carbocycles. The topological polar surface area (TPSA) is 81.9 Å². The van der Waals surface area contributed by atoms with E-state index in [2.05, 4.69) is 25.6 Å². The zero-order chi connectivity index (χ0) is 22.8. The molecule has 1 aromatic heterocycles. The summed E-state index contributed by atoms with van der Waals surface area (Å²) in [6.07, 6.45) is -4.84. The van der Waals surface area contributed by atoms with Crippen molar-refractivity contribution >= 4 is 23.4 Å². The number of hydrogen-bond acceptors (Lipinski definition) is 6. The zero-order valence-electron chi connectivity index (χ0n) is 15.3. The fraction of sp³-hybridized carbons (Fsp3) is 0.176. The summed E-state index contributed by atoms with van der Waals surface area (Å²) in [5.74, 6) is -5.86. The van der Waals surface area contributed by atoms with Gasteiger partial charge in [0.25, 0.3) is 0 Å². The highest BCUT2D eigenvalue weighted by molar-refractivity contribution is 8.00. The highest BCUT2D eigenvalue weighted by Gasteiger charge is 2.31. The number of alkyl halides is 3. The van der Waals surface area contributed by atoms with Crippen molar-refractivity contribution in [2.45, 2.75) is 23.7 Å². The first-order valence-electron chi connectivity index (χ1n) is 8.30. The Morgan fingerprint density at radius 3 is 2.42 bits per heavy atom. The van der Waals surface area contributed by atoms with Gasteiger partial charge in [0, 0.05) is 0 Å². The van der Waals surface area contributed by atoms with Gasteiger partial charge in [-0.3, -0.25) is 4.79 Å². The van der Waals surface area contributed by atoms with E-state index >= 15 is 0 Å². The Balaban J connectivity index is 1.71. The lowest BCUT2D eigenvalue weighted by atomic mass is 10.2. The van der Waals surface area contributed by atoms with Crippen LogP contribution in [0.4, 0.5) is 32.0 Å². The summed E-state index contributed by atoms with van der Waals surface area (Å²) >= 11 is 0.840. The minimum Gasteiger partial charge on any atom is -0.406 e. The molecule has 0 bridgehead atoms. The second kappa shape index (κ2) is 8.83. The van der Waals surface area contributed by atoms with Crippen LogP contribution in [0.2, 0.25) is 0 Å². The molecule has 1 heterocycles. The van der Waals surface area contributed by atoms with Crippen LogP contribution < -0.4 is 10.1 Å². The standard InChI is InChI=1S/C17H11F6N5O2S/c1-8(15(29)24-12-7-6-11(18)13(19)14(12)20)31-16-25-26-27-28(16)9-2-4-10(5-3-9)30-17(21,22)23/h2-8H,1H3,(H,24,29). The molecule has 1 unspecified atom stereocenters. The molecular formula is C17H11F6N5O2S. The van der Waals surface area contributed by atoms with E-state index in [1.807, 2.05) is 0 Å². The number of halogens is 6. The quantitative estimate of drug-likeness (QED) is 0.337. The summed E-state index contributed by atoms with van der Waals surface area (Å²) < 4.78 is 81.7. The number of benzene rings is 2. The summed E-state index contributed by atoms with van der Waals surface area (Å²) in [6.45, 7) is 1.43. The molecule has 1 atom stereocenters. The summed E-state index contributed by atoms with van der Waals surface area (Å²) in [4.78, 5) is 12.3. The highest BCUT2D eigenvalue weighted by Crippen LogP contribution is 2.27. The van der Waals surface area contributed by atoms with Crippen molar-refractivity contribution in [2.75, 3.05) is 5.32 Å². The SMILES string of the molecule is CC(Sc1nnnn1-c1ccc(OC(F)(F)F)cc1)C(=O)Nc1ccc(F)c(F)c1F. The molecule has 0 saturated carbocycles. The smallest absolute Gasteiger partial charge is 0.406 e. The maximum atomic E-state index is 13.7. The molecule has 0 aliphatic carbocycles. The average molecular weight is 463 g/mol. The number of ether oxygens (including phenoxy) is 1. The minimum absolute atomic E-state index is 0.0953. The number of carbonyl (C=O) groups excluding carboxylic acids is 1. The summed E-state index contributed by atoms with van der Waals surface area (Å²) in [6, 6.07) is 6.18. The van der Waals surface area contributed by atoms with Gasteiger partial charge in [-0.15, -0.1) is 18.3 Å². The molecule has 0 aliphatic heterocycles. The van der Waals surface area contributed by atoms with Crippen molar-refractivity contribution in [2.24, 2.45) is 0 Å². The largest absolute Gasteiger partial charge is 0.573 e. The molecule has 14 heteroatoms. The lowest BCUT2D eigenvalue weighted by Crippen LogP contribution is -2.23. The van der Waals surface area contributed by atoms with E-state index in [1.54, 1.807) is 0 Å².